The third-order valence-corrected chi connectivity index (χ3v) is 2.79. The molecule has 7 heteroatoms. The fraction of sp³-hybridized carbons (Fsp3) is 0.750. The third kappa shape index (κ3) is 7.40. The molecule has 110 valence electrons. The van der Waals surface area contributed by atoms with Crippen LogP contribution in [0.3, 0.4) is 0 Å². The van der Waals surface area contributed by atoms with Crippen LogP contribution in [0.2, 0.25) is 0 Å². The van der Waals surface area contributed by atoms with E-state index >= 15 is 0 Å². The molecule has 0 saturated heterocycles. The Balaban J connectivity index is 4.49. The first-order valence-corrected chi connectivity index (χ1v) is 6.19. The molecule has 0 fully saturated rings. The van der Waals surface area contributed by atoms with Gasteiger partial charge in [-0.3, -0.25) is 14.4 Å². The first kappa shape index (κ1) is 17.4. The van der Waals surface area contributed by atoms with Crippen molar-refractivity contribution >= 4 is 17.7 Å². The van der Waals surface area contributed by atoms with E-state index in [1.54, 1.807) is 7.05 Å². The van der Waals surface area contributed by atoms with Gasteiger partial charge in [0.25, 0.3) is 0 Å². The quantitative estimate of drug-likeness (QED) is 0.579. The summed E-state index contributed by atoms with van der Waals surface area (Å²) in [6.45, 7) is 2.58. The van der Waals surface area contributed by atoms with Gasteiger partial charge >= 0.3 is 0 Å². The Kier molecular flexibility index (Phi) is 7.74. The number of hydrogen-bond donors (Lipinski definition) is 2. The van der Waals surface area contributed by atoms with Gasteiger partial charge in [0.05, 0.1) is 0 Å². The number of likely N-dealkylation sites (N-methyl/N-ethyl adjacent to an activating group) is 2. The third-order valence-electron chi connectivity index (χ3n) is 2.79. The Bertz CT molecular complexity index is 331. The van der Waals surface area contributed by atoms with Crippen LogP contribution in [0.25, 0.3) is 0 Å². The van der Waals surface area contributed by atoms with Crippen LogP contribution in [0, 0.1) is 0 Å². The van der Waals surface area contributed by atoms with Crippen LogP contribution in [-0.2, 0) is 14.4 Å². The molecule has 1 atom stereocenters. The van der Waals surface area contributed by atoms with Crippen LogP contribution >= 0.6 is 0 Å². The van der Waals surface area contributed by atoms with Crippen molar-refractivity contribution in [2.24, 2.45) is 5.73 Å². The molecule has 0 saturated carbocycles. The van der Waals surface area contributed by atoms with E-state index in [0.29, 0.717) is 13.1 Å². The van der Waals surface area contributed by atoms with Crippen molar-refractivity contribution in [1.82, 2.24) is 15.1 Å². The van der Waals surface area contributed by atoms with Gasteiger partial charge in [0, 0.05) is 33.5 Å². The van der Waals surface area contributed by atoms with Crippen molar-refractivity contribution in [3.05, 3.63) is 0 Å². The Hall–Kier alpha value is -1.63. The Labute approximate surface area is 114 Å². The molecule has 19 heavy (non-hydrogen) atoms. The molecule has 0 radical (unpaired) electrons. The molecule has 0 aromatic carbocycles. The number of nitrogens with two attached hydrogens (primary N) is 1. The zero-order valence-electron chi connectivity index (χ0n) is 12.1. The summed E-state index contributed by atoms with van der Waals surface area (Å²) in [5, 5.41) is 2.75. The SMILES string of the molecule is CC(=O)N(C)C(CCC(N)=O)C(=O)NCCN(C)C. The monoisotopic (exact) mass is 272 g/mol. The van der Waals surface area contributed by atoms with E-state index < -0.39 is 11.9 Å². The van der Waals surface area contributed by atoms with Gasteiger partial charge in [-0.2, -0.15) is 0 Å². The summed E-state index contributed by atoms with van der Waals surface area (Å²) in [6, 6.07) is -0.660. The van der Waals surface area contributed by atoms with Gasteiger partial charge in [0.2, 0.25) is 17.7 Å². The standard InChI is InChI=1S/C12H24N4O3/c1-9(17)16(4)10(5-6-11(13)18)12(19)14-7-8-15(2)3/h10H,5-8H2,1-4H3,(H2,13,18)(H,14,19). The molecule has 0 aliphatic rings. The fourth-order valence-corrected chi connectivity index (χ4v) is 1.52. The molecule has 0 heterocycles. The number of amides is 3. The maximum Gasteiger partial charge on any atom is 0.242 e. The molecule has 1 unspecified atom stereocenters. The zero-order chi connectivity index (χ0) is 15.0. The molecule has 3 amide bonds. The predicted molar refractivity (Wildman–Crippen MR) is 72.2 cm³/mol. The first-order chi connectivity index (χ1) is 8.75. The predicted octanol–water partition coefficient (Wildman–Crippen LogP) is -1.22. The lowest BCUT2D eigenvalue weighted by atomic mass is 10.1. The van der Waals surface area contributed by atoms with E-state index in [-0.39, 0.29) is 24.7 Å². The lowest BCUT2D eigenvalue weighted by molar-refractivity contribution is -0.138. The van der Waals surface area contributed by atoms with Crippen molar-refractivity contribution in [1.29, 1.82) is 0 Å². The summed E-state index contributed by atoms with van der Waals surface area (Å²) in [7, 11) is 5.34. The lowest BCUT2D eigenvalue weighted by Gasteiger charge is -2.26. The second-order valence-electron chi connectivity index (χ2n) is 4.75. The first-order valence-electron chi connectivity index (χ1n) is 6.19. The smallest absolute Gasteiger partial charge is 0.242 e. The van der Waals surface area contributed by atoms with Crippen LogP contribution in [0.4, 0.5) is 0 Å². The molecule has 0 aliphatic heterocycles. The minimum atomic E-state index is -0.660. The van der Waals surface area contributed by atoms with Crippen LogP contribution in [0.1, 0.15) is 19.8 Å². The van der Waals surface area contributed by atoms with E-state index in [0.717, 1.165) is 0 Å². The topological polar surface area (TPSA) is 95.7 Å². The van der Waals surface area contributed by atoms with Gasteiger partial charge in [-0.15, -0.1) is 0 Å². The number of nitrogens with one attached hydrogen (secondary N) is 1. The van der Waals surface area contributed by atoms with Gasteiger partial charge in [0.15, 0.2) is 0 Å². The van der Waals surface area contributed by atoms with E-state index in [2.05, 4.69) is 5.32 Å². The maximum absolute atomic E-state index is 12.0. The molecule has 7 nitrogen and oxygen atoms in total. The largest absolute Gasteiger partial charge is 0.370 e. The van der Waals surface area contributed by atoms with Crippen LogP contribution in [-0.4, -0.2) is 67.8 Å². The molecule has 0 spiro atoms. The van der Waals surface area contributed by atoms with Gasteiger partial charge in [-0.25, -0.2) is 0 Å². The number of primary amides is 1. The highest BCUT2D eigenvalue weighted by atomic mass is 16.2. The molecule has 0 aromatic rings. The summed E-state index contributed by atoms with van der Waals surface area (Å²) >= 11 is 0. The van der Waals surface area contributed by atoms with Crippen molar-refractivity contribution in [2.45, 2.75) is 25.8 Å². The van der Waals surface area contributed by atoms with E-state index in [4.69, 9.17) is 5.73 Å². The second-order valence-corrected chi connectivity index (χ2v) is 4.75. The van der Waals surface area contributed by atoms with Crippen molar-refractivity contribution in [3.8, 4) is 0 Å². The number of carbonyl (C=O) groups excluding carboxylic acids is 3. The number of rotatable bonds is 8. The minimum Gasteiger partial charge on any atom is -0.370 e. The normalized spacial score (nSPS) is 12.1. The van der Waals surface area contributed by atoms with Crippen LogP contribution in [0.5, 0.6) is 0 Å². The summed E-state index contributed by atoms with van der Waals surface area (Å²) in [5.74, 6) is -0.971. The molecule has 0 bridgehead atoms. The molecular weight excluding hydrogens is 248 g/mol. The minimum absolute atomic E-state index is 0.0728. The Morgan fingerprint density at radius 1 is 1.21 bits per heavy atom. The molecule has 0 aromatic heterocycles. The highest BCUT2D eigenvalue weighted by molar-refractivity contribution is 5.87. The molecular formula is C12H24N4O3. The second kappa shape index (κ2) is 8.47. The molecule has 0 aliphatic carbocycles. The fourth-order valence-electron chi connectivity index (χ4n) is 1.52. The van der Waals surface area contributed by atoms with Gasteiger partial charge in [-0.1, -0.05) is 0 Å². The van der Waals surface area contributed by atoms with E-state index in [1.807, 2.05) is 19.0 Å². The highest BCUT2D eigenvalue weighted by Crippen LogP contribution is 2.06. The van der Waals surface area contributed by atoms with E-state index in [9.17, 15) is 14.4 Å². The Morgan fingerprint density at radius 3 is 2.21 bits per heavy atom. The number of nitrogens with zero attached hydrogens (tertiary/aromatic N) is 2. The lowest BCUT2D eigenvalue weighted by Crippen LogP contribution is -2.48. The van der Waals surface area contributed by atoms with E-state index in [1.165, 1.54) is 11.8 Å². The summed E-state index contributed by atoms with van der Waals surface area (Å²) < 4.78 is 0. The van der Waals surface area contributed by atoms with Gasteiger partial charge < -0.3 is 20.9 Å². The van der Waals surface area contributed by atoms with Crippen molar-refractivity contribution in [2.75, 3.05) is 34.2 Å². The van der Waals surface area contributed by atoms with Crippen LogP contribution in [0.15, 0.2) is 0 Å². The Morgan fingerprint density at radius 2 is 1.79 bits per heavy atom. The molecule has 3 N–H and O–H groups in total. The average Bonchev–Trinajstić information content (AvgIpc) is 2.27. The van der Waals surface area contributed by atoms with Gasteiger partial charge in [0.1, 0.15) is 6.04 Å². The molecule has 0 rings (SSSR count). The maximum atomic E-state index is 12.0. The summed E-state index contributed by atoms with van der Waals surface area (Å²) in [5.41, 5.74) is 5.08. The summed E-state index contributed by atoms with van der Waals surface area (Å²) in [4.78, 5) is 37.4. The van der Waals surface area contributed by atoms with Crippen LogP contribution < -0.4 is 11.1 Å². The van der Waals surface area contributed by atoms with Gasteiger partial charge in [-0.05, 0) is 20.5 Å². The van der Waals surface area contributed by atoms with Crippen molar-refractivity contribution in [3.63, 3.8) is 0 Å². The highest BCUT2D eigenvalue weighted by Gasteiger charge is 2.25. The number of hydrogen-bond acceptors (Lipinski definition) is 4. The zero-order valence-corrected chi connectivity index (χ0v) is 12.1. The van der Waals surface area contributed by atoms with Crippen molar-refractivity contribution < 1.29 is 14.4 Å². The number of carbonyl (C=O) groups is 3. The average molecular weight is 272 g/mol. The summed E-state index contributed by atoms with van der Waals surface area (Å²) in [6.07, 6.45) is 0.308.